The van der Waals surface area contributed by atoms with Gasteiger partial charge >= 0.3 is 0 Å². The minimum atomic E-state index is 0.0718. The van der Waals surface area contributed by atoms with Gasteiger partial charge in [0.15, 0.2) is 5.76 Å². The molecule has 2 unspecified atom stereocenters. The van der Waals surface area contributed by atoms with Crippen LogP contribution in [0, 0.1) is 0 Å². The van der Waals surface area contributed by atoms with Gasteiger partial charge in [0, 0.05) is 25.2 Å². The number of nitrogens with zero attached hydrogens (tertiary/aromatic N) is 2. The van der Waals surface area contributed by atoms with Crippen molar-refractivity contribution < 1.29 is 9.26 Å². The lowest BCUT2D eigenvalue weighted by Crippen LogP contribution is -2.49. The molecule has 5 nitrogen and oxygen atoms in total. The molecular formula is C10H17N3O2. The van der Waals surface area contributed by atoms with Crippen molar-refractivity contribution in [2.75, 3.05) is 19.7 Å². The van der Waals surface area contributed by atoms with Gasteiger partial charge in [-0.1, -0.05) is 5.16 Å². The Bertz CT molecular complexity index is 287. The quantitative estimate of drug-likeness (QED) is 0.775. The Kier molecular flexibility index (Phi) is 3.35. The van der Waals surface area contributed by atoms with Gasteiger partial charge in [-0.3, -0.25) is 4.90 Å². The summed E-state index contributed by atoms with van der Waals surface area (Å²) in [6.45, 7) is 5.28. The van der Waals surface area contributed by atoms with Crippen LogP contribution in [0.3, 0.4) is 0 Å². The topological polar surface area (TPSA) is 64.5 Å². The molecule has 2 rings (SSSR count). The highest BCUT2D eigenvalue weighted by molar-refractivity contribution is 4.93. The number of morpholine rings is 1. The fourth-order valence-electron chi connectivity index (χ4n) is 1.74. The zero-order valence-electron chi connectivity index (χ0n) is 8.93. The van der Waals surface area contributed by atoms with E-state index in [9.17, 15) is 0 Å². The average Bonchev–Trinajstić information content (AvgIpc) is 2.71. The Morgan fingerprint density at radius 2 is 2.60 bits per heavy atom. The van der Waals surface area contributed by atoms with Crippen LogP contribution in [0.25, 0.3) is 0 Å². The third-order valence-electron chi connectivity index (χ3n) is 2.63. The SMILES string of the molecule is CC(N)C1CN(Cc2ccno2)CCO1. The third-order valence-corrected chi connectivity index (χ3v) is 2.63. The van der Waals surface area contributed by atoms with E-state index in [-0.39, 0.29) is 12.1 Å². The largest absolute Gasteiger partial charge is 0.374 e. The van der Waals surface area contributed by atoms with Crippen LogP contribution in [0.1, 0.15) is 12.7 Å². The van der Waals surface area contributed by atoms with Gasteiger partial charge in [0.2, 0.25) is 0 Å². The molecule has 1 fully saturated rings. The lowest BCUT2D eigenvalue weighted by Gasteiger charge is -2.34. The summed E-state index contributed by atoms with van der Waals surface area (Å²) in [7, 11) is 0. The van der Waals surface area contributed by atoms with Gasteiger partial charge in [-0.25, -0.2) is 0 Å². The Labute approximate surface area is 89.2 Å². The Hall–Kier alpha value is -0.910. The molecule has 15 heavy (non-hydrogen) atoms. The first-order valence-electron chi connectivity index (χ1n) is 5.25. The van der Waals surface area contributed by atoms with Gasteiger partial charge in [-0.2, -0.15) is 0 Å². The van der Waals surface area contributed by atoms with Gasteiger partial charge in [0.25, 0.3) is 0 Å². The van der Waals surface area contributed by atoms with E-state index >= 15 is 0 Å². The lowest BCUT2D eigenvalue weighted by molar-refractivity contribution is -0.0423. The first kappa shape index (κ1) is 10.6. The molecule has 2 atom stereocenters. The summed E-state index contributed by atoms with van der Waals surface area (Å²) in [6, 6.07) is 1.96. The molecule has 1 aromatic rings. The van der Waals surface area contributed by atoms with E-state index in [0.717, 1.165) is 32.0 Å². The average molecular weight is 211 g/mol. The van der Waals surface area contributed by atoms with Crippen LogP contribution in [-0.2, 0) is 11.3 Å². The Morgan fingerprint density at radius 1 is 1.73 bits per heavy atom. The molecule has 0 aromatic carbocycles. The van der Waals surface area contributed by atoms with E-state index in [4.69, 9.17) is 15.0 Å². The number of hydrogen-bond donors (Lipinski definition) is 1. The van der Waals surface area contributed by atoms with Crippen LogP contribution in [0.5, 0.6) is 0 Å². The number of rotatable bonds is 3. The summed E-state index contributed by atoms with van der Waals surface area (Å²) in [5, 5.41) is 3.68. The van der Waals surface area contributed by atoms with Crippen molar-refractivity contribution >= 4 is 0 Å². The molecule has 84 valence electrons. The highest BCUT2D eigenvalue weighted by Crippen LogP contribution is 2.11. The first-order valence-corrected chi connectivity index (χ1v) is 5.25. The fourth-order valence-corrected chi connectivity index (χ4v) is 1.74. The van der Waals surface area contributed by atoms with Crippen LogP contribution in [0.2, 0.25) is 0 Å². The summed E-state index contributed by atoms with van der Waals surface area (Å²) < 4.78 is 10.6. The van der Waals surface area contributed by atoms with Crippen LogP contribution < -0.4 is 5.73 Å². The molecule has 0 bridgehead atoms. The standard InChI is InChI=1S/C10H17N3O2/c1-8(11)10-7-13(4-5-14-10)6-9-2-3-12-15-9/h2-3,8,10H,4-7,11H2,1H3. The molecule has 1 aliphatic rings. The van der Waals surface area contributed by atoms with Crippen molar-refractivity contribution in [3.63, 3.8) is 0 Å². The van der Waals surface area contributed by atoms with Gasteiger partial charge in [0.05, 0.1) is 25.5 Å². The van der Waals surface area contributed by atoms with Gasteiger partial charge in [0.1, 0.15) is 0 Å². The molecule has 2 N–H and O–H groups in total. The highest BCUT2D eigenvalue weighted by Gasteiger charge is 2.23. The van der Waals surface area contributed by atoms with Crippen LogP contribution in [-0.4, -0.2) is 41.9 Å². The zero-order chi connectivity index (χ0) is 10.7. The number of nitrogens with two attached hydrogens (primary N) is 1. The van der Waals surface area contributed by atoms with Crippen LogP contribution in [0.15, 0.2) is 16.8 Å². The summed E-state index contributed by atoms with van der Waals surface area (Å²) in [5.41, 5.74) is 5.82. The molecule has 0 saturated carbocycles. The zero-order valence-corrected chi connectivity index (χ0v) is 8.93. The van der Waals surface area contributed by atoms with Crippen molar-refractivity contribution in [3.8, 4) is 0 Å². The van der Waals surface area contributed by atoms with Gasteiger partial charge in [-0.05, 0) is 6.92 Å². The van der Waals surface area contributed by atoms with Gasteiger partial charge in [-0.15, -0.1) is 0 Å². The normalized spacial score (nSPS) is 25.3. The molecule has 0 spiro atoms. The van der Waals surface area contributed by atoms with Crippen molar-refractivity contribution in [2.24, 2.45) is 5.73 Å². The molecule has 1 aliphatic heterocycles. The molecule has 5 heteroatoms. The van der Waals surface area contributed by atoms with Crippen molar-refractivity contribution in [2.45, 2.75) is 25.6 Å². The molecular weight excluding hydrogens is 194 g/mol. The minimum Gasteiger partial charge on any atom is -0.374 e. The predicted octanol–water partition coefficient (Wildman–Crippen LogP) is 0.223. The van der Waals surface area contributed by atoms with E-state index in [2.05, 4.69) is 10.1 Å². The monoisotopic (exact) mass is 211 g/mol. The maximum Gasteiger partial charge on any atom is 0.150 e. The summed E-state index contributed by atoms with van der Waals surface area (Å²) in [5.74, 6) is 0.889. The van der Waals surface area contributed by atoms with E-state index in [0.29, 0.717) is 0 Å². The van der Waals surface area contributed by atoms with Crippen molar-refractivity contribution in [3.05, 3.63) is 18.0 Å². The predicted molar refractivity (Wildman–Crippen MR) is 55.2 cm³/mol. The summed E-state index contributed by atoms with van der Waals surface area (Å²) >= 11 is 0. The molecule has 2 heterocycles. The highest BCUT2D eigenvalue weighted by atomic mass is 16.5. The second kappa shape index (κ2) is 4.74. The van der Waals surface area contributed by atoms with E-state index in [1.807, 2.05) is 13.0 Å². The molecule has 0 amide bonds. The van der Waals surface area contributed by atoms with E-state index < -0.39 is 0 Å². The van der Waals surface area contributed by atoms with Crippen LogP contribution in [0.4, 0.5) is 0 Å². The molecule has 0 aliphatic carbocycles. The number of ether oxygens (including phenoxy) is 1. The van der Waals surface area contributed by atoms with Gasteiger partial charge < -0.3 is 15.0 Å². The molecule has 0 radical (unpaired) electrons. The maximum absolute atomic E-state index is 5.82. The molecule has 1 saturated heterocycles. The Morgan fingerprint density at radius 3 is 3.27 bits per heavy atom. The molecule has 1 aromatic heterocycles. The first-order chi connectivity index (χ1) is 7.25. The van der Waals surface area contributed by atoms with E-state index in [1.165, 1.54) is 0 Å². The minimum absolute atomic E-state index is 0.0718. The smallest absolute Gasteiger partial charge is 0.150 e. The fraction of sp³-hybridized carbons (Fsp3) is 0.700. The lowest BCUT2D eigenvalue weighted by atomic mass is 10.1. The third kappa shape index (κ3) is 2.77. The number of hydrogen-bond acceptors (Lipinski definition) is 5. The second-order valence-electron chi connectivity index (χ2n) is 3.98. The maximum atomic E-state index is 5.82. The van der Waals surface area contributed by atoms with Crippen molar-refractivity contribution in [1.29, 1.82) is 0 Å². The second-order valence-corrected chi connectivity index (χ2v) is 3.98. The Balaban J connectivity index is 1.88. The summed E-state index contributed by atoms with van der Waals surface area (Å²) in [4.78, 5) is 2.28. The summed E-state index contributed by atoms with van der Waals surface area (Å²) in [6.07, 6.45) is 1.79. The van der Waals surface area contributed by atoms with Crippen LogP contribution >= 0.6 is 0 Å². The number of aromatic nitrogens is 1. The van der Waals surface area contributed by atoms with Crippen molar-refractivity contribution in [1.82, 2.24) is 10.1 Å². The van der Waals surface area contributed by atoms with E-state index in [1.54, 1.807) is 6.20 Å².